The average molecular weight is 207 g/mol. The highest BCUT2D eigenvalue weighted by molar-refractivity contribution is 5.64. The third kappa shape index (κ3) is 2.40. The lowest BCUT2D eigenvalue weighted by Crippen LogP contribution is -2.14. The van der Waals surface area contributed by atoms with Gasteiger partial charge in [-0.15, -0.1) is 0 Å². The predicted octanol–water partition coefficient (Wildman–Crippen LogP) is 1.26. The lowest BCUT2D eigenvalue weighted by molar-refractivity contribution is 0.158. The van der Waals surface area contributed by atoms with Crippen molar-refractivity contribution in [2.75, 3.05) is 13.2 Å². The van der Waals surface area contributed by atoms with Gasteiger partial charge in [-0.3, -0.25) is 0 Å². The maximum atomic E-state index is 10.4. The molecule has 1 aromatic carbocycles. The van der Waals surface area contributed by atoms with Gasteiger partial charge in [0, 0.05) is 12.8 Å². The van der Waals surface area contributed by atoms with Crippen LogP contribution in [0.5, 0.6) is 5.75 Å². The summed E-state index contributed by atoms with van der Waals surface area (Å²) in [5.41, 5.74) is 7.20. The molecular weight excluding hydrogens is 194 g/mol. The second kappa shape index (κ2) is 4.21. The number of carbonyl (C=O) groups excluding carboxylic acids is 1. The van der Waals surface area contributed by atoms with Crippen LogP contribution in [-0.4, -0.2) is 19.3 Å². The van der Waals surface area contributed by atoms with Gasteiger partial charge in [-0.1, -0.05) is 12.1 Å². The zero-order valence-electron chi connectivity index (χ0n) is 8.36. The normalized spacial score (nSPS) is 13.1. The Hall–Kier alpha value is -1.71. The van der Waals surface area contributed by atoms with E-state index in [4.69, 9.17) is 10.5 Å². The van der Waals surface area contributed by atoms with E-state index in [1.54, 1.807) is 0 Å². The summed E-state index contributed by atoms with van der Waals surface area (Å²) in [4.78, 5) is 10.4. The second-order valence-corrected chi connectivity index (χ2v) is 3.46. The highest BCUT2D eigenvalue weighted by atomic mass is 16.5. The van der Waals surface area contributed by atoms with E-state index < -0.39 is 6.09 Å². The van der Waals surface area contributed by atoms with Crippen molar-refractivity contribution in [3.05, 3.63) is 29.3 Å². The van der Waals surface area contributed by atoms with Crippen molar-refractivity contribution in [1.82, 2.24) is 0 Å². The Balaban J connectivity index is 1.95. The molecule has 1 aliphatic rings. The summed E-state index contributed by atoms with van der Waals surface area (Å²) >= 11 is 0. The molecule has 1 amide bonds. The summed E-state index contributed by atoms with van der Waals surface area (Å²) in [6.07, 6.45) is 0.917. The Morgan fingerprint density at radius 1 is 1.53 bits per heavy atom. The Bertz CT molecular complexity index is 376. The van der Waals surface area contributed by atoms with Crippen LogP contribution in [0.25, 0.3) is 0 Å². The van der Waals surface area contributed by atoms with Gasteiger partial charge in [0.1, 0.15) is 5.75 Å². The van der Waals surface area contributed by atoms with E-state index in [0.29, 0.717) is 13.0 Å². The third-order valence-corrected chi connectivity index (χ3v) is 2.40. The Morgan fingerprint density at radius 2 is 2.40 bits per heavy atom. The Morgan fingerprint density at radius 3 is 3.20 bits per heavy atom. The molecule has 1 aromatic rings. The quantitative estimate of drug-likeness (QED) is 0.811. The molecule has 15 heavy (non-hydrogen) atoms. The van der Waals surface area contributed by atoms with Crippen LogP contribution in [-0.2, 0) is 17.6 Å². The molecule has 80 valence electrons. The van der Waals surface area contributed by atoms with Gasteiger partial charge in [-0.2, -0.15) is 0 Å². The molecule has 2 rings (SSSR count). The average Bonchev–Trinajstić information content (AvgIpc) is 2.64. The fourth-order valence-corrected chi connectivity index (χ4v) is 1.64. The van der Waals surface area contributed by atoms with Crippen molar-refractivity contribution in [2.24, 2.45) is 5.73 Å². The van der Waals surface area contributed by atoms with Crippen LogP contribution in [0.3, 0.4) is 0 Å². The van der Waals surface area contributed by atoms with Crippen LogP contribution in [0.15, 0.2) is 18.2 Å². The van der Waals surface area contributed by atoms with Gasteiger partial charge in [0.2, 0.25) is 0 Å². The Kier molecular flexibility index (Phi) is 2.76. The number of carbonyl (C=O) groups is 1. The zero-order chi connectivity index (χ0) is 10.7. The molecule has 1 heterocycles. The summed E-state index contributed by atoms with van der Waals surface area (Å²) in [6.45, 7) is 1.07. The molecule has 1 aliphatic heterocycles. The first kappa shape index (κ1) is 9.83. The molecule has 4 nitrogen and oxygen atoms in total. The smallest absolute Gasteiger partial charge is 0.404 e. The molecule has 0 aliphatic carbocycles. The van der Waals surface area contributed by atoms with Gasteiger partial charge >= 0.3 is 6.09 Å². The molecular formula is C11H13NO3. The number of fused-ring (bicyclic) bond motifs is 1. The largest absolute Gasteiger partial charge is 0.493 e. The van der Waals surface area contributed by atoms with Crippen LogP contribution in [0.2, 0.25) is 0 Å². The highest BCUT2D eigenvalue weighted by Crippen LogP contribution is 2.26. The van der Waals surface area contributed by atoms with E-state index in [9.17, 15) is 4.79 Å². The first-order valence-electron chi connectivity index (χ1n) is 4.92. The molecule has 0 radical (unpaired) electrons. The molecule has 0 unspecified atom stereocenters. The van der Waals surface area contributed by atoms with Crippen LogP contribution < -0.4 is 10.5 Å². The number of primary amides is 1. The summed E-state index contributed by atoms with van der Waals surface area (Å²) in [6, 6.07) is 6.08. The molecule has 0 saturated carbocycles. The molecule has 0 saturated heterocycles. The lowest BCUT2D eigenvalue weighted by Gasteiger charge is -2.04. The fourth-order valence-electron chi connectivity index (χ4n) is 1.64. The van der Waals surface area contributed by atoms with Gasteiger partial charge < -0.3 is 15.2 Å². The SMILES string of the molecule is NC(=O)OCCc1ccc2c(c1)OCC2. The van der Waals surface area contributed by atoms with Gasteiger partial charge in [0.05, 0.1) is 13.2 Å². The minimum atomic E-state index is -0.729. The predicted molar refractivity (Wildman–Crippen MR) is 54.9 cm³/mol. The van der Waals surface area contributed by atoms with Gasteiger partial charge in [-0.25, -0.2) is 4.79 Å². The van der Waals surface area contributed by atoms with Crippen LogP contribution >= 0.6 is 0 Å². The maximum Gasteiger partial charge on any atom is 0.404 e. The number of hydrogen-bond acceptors (Lipinski definition) is 3. The van der Waals surface area contributed by atoms with E-state index in [-0.39, 0.29) is 0 Å². The van der Waals surface area contributed by atoms with Crippen molar-refractivity contribution in [3.8, 4) is 5.75 Å². The van der Waals surface area contributed by atoms with Crippen LogP contribution in [0.4, 0.5) is 4.79 Å². The topological polar surface area (TPSA) is 61.6 Å². The molecule has 4 heteroatoms. The molecule has 0 bridgehead atoms. The van der Waals surface area contributed by atoms with Crippen LogP contribution in [0, 0.1) is 0 Å². The van der Waals surface area contributed by atoms with Gasteiger partial charge in [-0.05, 0) is 17.2 Å². The van der Waals surface area contributed by atoms with Gasteiger partial charge in [0.25, 0.3) is 0 Å². The van der Waals surface area contributed by atoms with E-state index in [0.717, 1.165) is 24.3 Å². The lowest BCUT2D eigenvalue weighted by atomic mass is 10.1. The maximum absolute atomic E-state index is 10.4. The first-order chi connectivity index (χ1) is 7.25. The third-order valence-electron chi connectivity index (χ3n) is 2.40. The standard InChI is InChI=1S/C11H13NO3/c12-11(13)15-5-3-8-1-2-9-4-6-14-10(9)7-8/h1-2,7H,3-6H2,(H2,12,13). The van der Waals surface area contributed by atoms with Gasteiger partial charge in [0.15, 0.2) is 0 Å². The van der Waals surface area contributed by atoms with E-state index in [1.807, 2.05) is 12.1 Å². The van der Waals surface area contributed by atoms with Crippen molar-refractivity contribution in [3.63, 3.8) is 0 Å². The number of amides is 1. The molecule has 0 fully saturated rings. The first-order valence-corrected chi connectivity index (χ1v) is 4.92. The van der Waals surface area contributed by atoms with E-state index in [2.05, 4.69) is 10.8 Å². The molecule has 0 atom stereocenters. The van der Waals surface area contributed by atoms with Crippen molar-refractivity contribution in [2.45, 2.75) is 12.8 Å². The summed E-state index contributed by atoms with van der Waals surface area (Å²) in [7, 11) is 0. The minimum absolute atomic E-state index is 0.314. The molecule has 2 N–H and O–H groups in total. The van der Waals surface area contributed by atoms with Crippen molar-refractivity contribution in [1.29, 1.82) is 0 Å². The number of benzene rings is 1. The summed E-state index contributed by atoms with van der Waals surface area (Å²) in [5, 5.41) is 0. The van der Waals surface area contributed by atoms with Crippen molar-refractivity contribution >= 4 is 6.09 Å². The summed E-state index contributed by atoms with van der Waals surface area (Å²) < 4.78 is 10.1. The number of nitrogens with two attached hydrogens (primary N) is 1. The van der Waals surface area contributed by atoms with Crippen LogP contribution in [0.1, 0.15) is 11.1 Å². The minimum Gasteiger partial charge on any atom is -0.493 e. The van der Waals surface area contributed by atoms with E-state index in [1.165, 1.54) is 5.56 Å². The van der Waals surface area contributed by atoms with Crippen molar-refractivity contribution < 1.29 is 14.3 Å². The van der Waals surface area contributed by atoms with E-state index >= 15 is 0 Å². The molecule has 0 spiro atoms. The molecule has 0 aromatic heterocycles. The number of rotatable bonds is 3. The zero-order valence-corrected chi connectivity index (χ0v) is 8.36. The number of hydrogen-bond donors (Lipinski definition) is 1. The fraction of sp³-hybridized carbons (Fsp3) is 0.364. The highest BCUT2D eigenvalue weighted by Gasteiger charge is 2.11. The second-order valence-electron chi connectivity index (χ2n) is 3.46. The summed E-state index contributed by atoms with van der Waals surface area (Å²) in [5.74, 6) is 0.951. The Labute approximate surface area is 88.0 Å². The number of ether oxygens (including phenoxy) is 2. The monoisotopic (exact) mass is 207 g/mol.